The van der Waals surface area contributed by atoms with Gasteiger partial charge in [-0.3, -0.25) is 14.5 Å². The van der Waals surface area contributed by atoms with Gasteiger partial charge in [0.15, 0.2) is 11.6 Å². The van der Waals surface area contributed by atoms with Gasteiger partial charge in [-0.2, -0.15) is 0 Å². The Morgan fingerprint density at radius 1 is 1.00 bits per heavy atom. The lowest BCUT2D eigenvalue weighted by Crippen LogP contribution is -2.55. The number of hydrogen-bond acceptors (Lipinski definition) is 3. The zero-order valence-electron chi connectivity index (χ0n) is 18.5. The highest BCUT2D eigenvalue weighted by atomic mass is 19.2. The maximum absolute atomic E-state index is 14.1. The van der Waals surface area contributed by atoms with Gasteiger partial charge in [-0.05, 0) is 83.2 Å². The third-order valence-corrected chi connectivity index (χ3v) is 7.22. The SMILES string of the molecule is CC(C)(C(NC(=O)C1CCCN(C(=O)C2CC2)C1)c1ccc(F)c(F)c1)N1CCCC1. The molecule has 2 heterocycles. The molecule has 1 saturated carbocycles. The number of rotatable bonds is 6. The molecule has 5 nitrogen and oxygen atoms in total. The number of carbonyl (C=O) groups is 2. The topological polar surface area (TPSA) is 52.7 Å². The molecule has 1 aliphatic carbocycles. The van der Waals surface area contributed by atoms with Gasteiger partial charge in [-0.25, -0.2) is 8.78 Å². The van der Waals surface area contributed by atoms with E-state index in [1.54, 1.807) is 6.07 Å². The number of halogens is 2. The highest BCUT2D eigenvalue weighted by molar-refractivity contribution is 5.83. The van der Waals surface area contributed by atoms with Crippen LogP contribution in [0.15, 0.2) is 18.2 Å². The summed E-state index contributed by atoms with van der Waals surface area (Å²) in [7, 11) is 0. The summed E-state index contributed by atoms with van der Waals surface area (Å²) in [6, 6.07) is 3.40. The summed E-state index contributed by atoms with van der Waals surface area (Å²) in [5, 5.41) is 3.16. The van der Waals surface area contributed by atoms with Crippen molar-refractivity contribution in [3.05, 3.63) is 35.4 Å². The lowest BCUT2D eigenvalue weighted by atomic mass is 9.85. The summed E-state index contributed by atoms with van der Waals surface area (Å²) in [4.78, 5) is 29.9. The molecule has 2 unspecified atom stereocenters. The van der Waals surface area contributed by atoms with Gasteiger partial charge in [-0.1, -0.05) is 6.07 Å². The van der Waals surface area contributed by atoms with Crippen molar-refractivity contribution >= 4 is 11.8 Å². The first kappa shape index (κ1) is 22.2. The second kappa shape index (κ2) is 8.85. The molecule has 170 valence electrons. The number of hydrogen-bond donors (Lipinski definition) is 1. The van der Waals surface area contributed by atoms with Crippen LogP contribution in [-0.4, -0.2) is 53.3 Å². The summed E-state index contributed by atoms with van der Waals surface area (Å²) >= 11 is 0. The maximum Gasteiger partial charge on any atom is 0.225 e. The number of likely N-dealkylation sites (tertiary alicyclic amines) is 2. The fourth-order valence-electron chi connectivity index (χ4n) is 5.08. The molecule has 0 aromatic heterocycles. The van der Waals surface area contributed by atoms with Crippen molar-refractivity contribution < 1.29 is 18.4 Å². The van der Waals surface area contributed by atoms with Crippen LogP contribution < -0.4 is 5.32 Å². The number of benzene rings is 1. The summed E-state index contributed by atoms with van der Waals surface area (Å²) < 4.78 is 27.7. The van der Waals surface area contributed by atoms with Crippen LogP contribution in [0.3, 0.4) is 0 Å². The first-order valence-electron chi connectivity index (χ1n) is 11.6. The Morgan fingerprint density at radius 2 is 1.71 bits per heavy atom. The first-order chi connectivity index (χ1) is 14.8. The highest BCUT2D eigenvalue weighted by Crippen LogP contribution is 2.36. The van der Waals surface area contributed by atoms with E-state index in [0.29, 0.717) is 18.7 Å². The smallest absolute Gasteiger partial charge is 0.225 e. The van der Waals surface area contributed by atoms with Crippen LogP contribution in [0.1, 0.15) is 64.0 Å². The molecule has 0 spiro atoms. The molecule has 3 fully saturated rings. The lowest BCUT2D eigenvalue weighted by Gasteiger charge is -2.43. The van der Waals surface area contributed by atoms with Crippen molar-refractivity contribution in [2.75, 3.05) is 26.2 Å². The predicted octanol–water partition coefficient (Wildman–Crippen LogP) is 3.65. The van der Waals surface area contributed by atoms with Crippen molar-refractivity contribution in [2.45, 2.75) is 64.0 Å². The van der Waals surface area contributed by atoms with Crippen molar-refractivity contribution in [1.29, 1.82) is 0 Å². The molecule has 7 heteroatoms. The van der Waals surface area contributed by atoms with E-state index in [1.165, 1.54) is 6.07 Å². The largest absolute Gasteiger partial charge is 0.347 e. The number of nitrogens with zero attached hydrogens (tertiary/aromatic N) is 2. The van der Waals surface area contributed by atoms with Crippen molar-refractivity contribution in [2.24, 2.45) is 11.8 Å². The molecule has 1 aromatic rings. The van der Waals surface area contributed by atoms with Crippen molar-refractivity contribution in [3.8, 4) is 0 Å². The highest BCUT2D eigenvalue weighted by Gasteiger charge is 2.41. The van der Waals surface area contributed by atoms with Crippen LogP contribution in [0.2, 0.25) is 0 Å². The van der Waals surface area contributed by atoms with Gasteiger partial charge in [-0.15, -0.1) is 0 Å². The third kappa shape index (κ3) is 4.76. The zero-order chi connectivity index (χ0) is 22.2. The molecule has 0 bridgehead atoms. The van der Waals surface area contributed by atoms with E-state index in [-0.39, 0.29) is 23.7 Å². The van der Waals surface area contributed by atoms with Crippen LogP contribution in [0.4, 0.5) is 8.78 Å². The van der Waals surface area contributed by atoms with Gasteiger partial charge in [0.2, 0.25) is 11.8 Å². The van der Waals surface area contributed by atoms with E-state index in [9.17, 15) is 18.4 Å². The molecule has 4 rings (SSSR count). The average molecular weight is 434 g/mol. The summed E-state index contributed by atoms with van der Waals surface area (Å²) in [6.07, 6.45) is 5.62. The molecule has 2 amide bonds. The van der Waals surface area contributed by atoms with Crippen LogP contribution in [-0.2, 0) is 9.59 Å². The van der Waals surface area contributed by atoms with E-state index in [4.69, 9.17) is 0 Å². The molecule has 2 aliphatic heterocycles. The monoisotopic (exact) mass is 433 g/mol. The van der Waals surface area contributed by atoms with Crippen LogP contribution in [0.5, 0.6) is 0 Å². The first-order valence-corrected chi connectivity index (χ1v) is 11.6. The molecule has 0 radical (unpaired) electrons. The lowest BCUT2D eigenvalue weighted by molar-refractivity contribution is -0.137. The Hall–Kier alpha value is -2.02. The molecule has 2 atom stereocenters. The Labute approximate surface area is 183 Å². The average Bonchev–Trinajstić information content (AvgIpc) is 3.45. The predicted molar refractivity (Wildman–Crippen MR) is 114 cm³/mol. The summed E-state index contributed by atoms with van der Waals surface area (Å²) in [5.74, 6) is -1.88. The van der Waals surface area contributed by atoms with Crippen molar-refractivity contribution in [3.63, 3.8) is 0 Å². The standard InChI is InChI=1S/C24H33F2N3O2/c1-24(2,29-12-3-4-13-29)21(17-9-10-19(25)20(26)14-17)27-22(30)18-6-5-11-28(15-18)23(31)16-7-8-16/h9-10,14,16,18,21H,3-8,11-13,15H2,1-2H3,(H,27,30). The van der Waals surface area contributed by atoms with E-state index >= 15 is 0 Å². The fraction of sp³-hybridized carbons (Fsp3) is 0.667. The normalized spacial score (nSPS) is 23.6. The Morgan fingerprint density at radius 3 is 2.35 bits per heavy atom. The number of nitrogens with one attached hydrogen (secondary N) is 1. The van der Waals surface area contributed by atoms with Gasteiger partial charge in [0.25, 0.3) is 0 Å². The Kier molecular flexibility index (Phi) is 6.33. The molecule has 1 N–H and O–H groups in total. The third-order valence-electron chi connectivity index (χ3n) is 7.22. The van der Waals surface area contributed by atoms with Gasteiger partial charge >= 0.3 is 0 Å². The molecular weight excluding hydrogens is 400 g/mol. The molecule has 3 aliphatic rings. The molecular formula is C24H33F2N3O2. The van der Waals surface area contributed by atoms with Crippen LogP contribution >= 0.6 is 0 Å². The molecule has 2 saturated heterocycles. The van der Waals surface area contributed by atoms with Gasteiger partial charge in [0.1, 0.15) is 0 Å². The number of carbonyl (C=O) groups excluding carboxylic acids is 2. The number of piperidine rings is 1. The Balaban J connectivity index is 1.54. The quantitative estimate of drug-likeness (QED) is 0.745. The zero-order valence-corrected chi connectivity index (χ0v) is 18.5. The second-order valence-electron chi connectivity index (χ2n) is 9.86. The van der Waals surface area contributed by atoms with Crippen molar-refractivity contribution in [1.82, 2.24) is 15.1 Å². The van der Waals surface area contributed by atoms with E-state index in [1.807, 2.05) is 18.7 Å². The Bertz CT molecular complexity index is 834. The summed E-state index contributed by atoms with van der Waals surface area (Å²) in [5.41, 5.74) is 0.0973. The second-order valence-corrected chi connectivity index (χ2v) is 9.86. The van der Waals surface area contributed by atoms with Crippen LogP contribution in [0.25, 0.3) is 0 Å². The van der Waals surface area contributed by atoms with E-state index in [0.717, 1.165) is 57.7 Å². The number of amides is 2. The van der Waals surface area contributed by atoms with Gasteiger partial charge < -0.3 is 10.2 Å². The summed E-state index contributed by atoms with van der Waals surface area (Å²) in [6.45, 7) is 7.08. The minimum Gasteiger partial charge on any atom is -0.347 e. The van der Waals surface area contributed by atoms with Gasteiger partial charge in [0, 0.05) is 24.5 Å². The van der Waals surface area contributed by atoms with E-state index in [2.05, 4.69) is 10.2 Å². The minimum atomic E-state index is -0.909. The fourth-order valence-corrected chi connectivity index (χ4v) is 5.08. The minimum absolute atomic E-state index is 0.115. The maximum atomic E-state index is 14.1. The molecule has 31 heavy (non-hydrogen) atoms. The van der Waals surface area contributed by atoms with Crippen LogP contribution in [0, 0.1) is 23.5 Å². The molecule has 1 aromatic carbocycles. The van der Waals surface area contributed by atoms with Gasteiger partial charge in [0.05, 0.1) is 12.0 Å². The van der Waals surface area contributed by atoms with E-state index < -0.39 is 23.2 Å².